The van der Waals surface area contributed by atoms with Crippen LogP contribution < -0.4 is 10.5 Å². The molecule has 4 heterocycles. The molecule has 0 N–H and O–H groups in total. The Bertz CT molecular complexity index is 1010. The number of nitrogens with zero attached hydrogens (tertiary/aromatic N) is 4. The minimum absolute atomic E-state index is 0.0604. The highest BCUT2D eigenvalue weighted by Gasteiger charge is 2.27. The largest absolute Gasteiger partial charge is 0.356 e. The average molecular weight is 374 g/mol. The number of hydrogen-bond donors (Lipinski definition) is 0. The number of sulfone groups is 1. The lowest BCUT2D eigenvalue weighted by Gasteiger charge is -2.28. The molecule has 1 atom stereocenters. The zero-order valence-corrected chi connectivity index (χ0v) is 15.4. The van der Waals surface area contributed by atoms with Gasteiger partial charge < -0.3 is 4.90 Å². The zero-order valence-electron chi connectivity index (χ0n) is 14.5. The second-order valence-corrected chi connectivity index (χ2v) is 9.19. The standard InChI is InChI=1S/C18H22N4O3S/c23-18-15(12-19-14-7-11-26(24,25)13-14)17(21-8-3-1-4-9-21)20-16-6-2-5-10-22(16)18/h2,5-6,10,12,14H,1,3-4,7-9,11,13H2/t14-/m0/s1. The van der Waals surface area contributed by atoms with Crippen LogP contribution in [0.2, 0.25) is 0 Å². The molecule has 0 spiro atoms. The number of anilines is 1. The van der Waals surface area contributed by atoms with E-state index in [1.807, 2.05) is 12.1 Å². The summed E-state index contributed by atoms with van der Waals surface area (Å²) in [6, 6.07) is 5.20. The number of fused-ring (bicyclic) bond motifs is 1. The molecule has 8 heteroatoms. The lowest BCUT2D eigenvalue weighted by molar-refractivity contribution is 0.573. The summed E-state index contributed by atoms with van der Waals surface area (Å²) in [7, 11) is -3.00. The summed E-state index contributed by atoms with van der Waals surface area (Å²) in [4.78, 5) is 24.3. The Morgan fingerprint density at radius 1 is 1.19 bits per heavy atom. The summed E-state index contributed by atoms with van der Waals surface area (Å²) in [6.45, 7) is 1.74. The second-order valence-electron chi connectivity index (χ2n) is 6.97. The van der Waals surface area contributed by atoms with Gasteiger partial charge in [0.25, 0.3) is 5.56 Å². The lowest BCUT2D eigenvalue weighted by Crippen LogP contribution is -2.34. The summed E-state index contributed by atoms with van der Waals surface area (Å²) in [5.41, 5.74) is 0.888. The number of pyridine rings is 1. The molecule has 7 nitrogen and oxygen atoms in total. The number of hydrogen-bond acceptors (Lipinski definition) is 6. The van der Waals surface area contributed by atoms with Crippen molar-refractivity contribution in [2.75, 3.05) is 29.5 Å². The summed E-state index contributed by atoms with van der Waals surface area (Å²) >= 11 is 0. The predicted octanol–water partition coefficient (Wildman–Crippen LogP) is 1.29. The first-order chi connectivity index (χ1) is 12.5. The molecule has 0 aliphatic carbocycles. The highest BCUT2D eigenvalue weighted by molar-refractivity contribution is 7.91. The van der Waals surface area contributed by atoms with Crippen LogP contribution in [0, 0.1) is 0 Å². The molecular formula is C18H22N4O3S. The molecule has 0 bridgehead atoms. The molecule has 2 aromatic rings. The second kappa shape index (κ2) is 6.83. The molecule has 2 aliphatic heterocycles. The third-order valence-corrected chi connectivity index (χ3v) is 6.78. The zero-order chi connectivity index (χ0) is 18.1. The Morgan fingerprint density at radius 3 is 2.73 bits per heavy atom. The maximum Gasteiger partial charge on any atom is 0.268 e. The van der Waals surface area contributed by atoms with Gasteiger partial charge in [-0.3, -0.25) is 14.2 Å². The summed E-state index contributed by atoms with van der Waals surface area (Å²) in [6.07, 6.45) is 7.10. The maximum atomic E-state index is 13.0. The fourth-order valence-corrected chi connectivity index (χ4v) is 5.26. The quantitative estimate of drug-likeness (QED) is 0.756. The van der Waals surface area contributed by atoms with E-state index >= 15 is 0 Å². The molecule has 2 saturated heterocycles. The van der Waals surface area contributed by atoms with Crippen LogP contribution in [0.15, 0.2) is 34.2 Å². The molecule has 138 valence electrons. The van der Waals surface area contributed by atoms with Crippen LogP contribution in [0.1, 0.15) is 31.2 Å². The Labute approximate surface area is 152 Å². The number of rotatable bonds is 3. The van der Waals surface area contributed by atoms with Crippen LogP contribution >= 0.6 is 0 Å². The van der Waals surface area contributed by atoms with Crippen LogP contribution in [0.3, 0.4) is 0 Å². The van der Waals surface area contributed by atoms with Gasteiger partial charge in [-0.15, -0.1) is 0 Å². The van der Waals surface area contributed by atoms with Crippen molar-refractivity contribution in [2.24, 2.45) is 4.99 Å². The van der Waals surface area contributed by atoms with Gasteiger partial charge in [0.15, 0.2) is 9.84 Å². The highest BCUT2D eigenvalue weighted by Crippen LogP contribution is 2.21. The van der Waals surface area contributed by atoms with Crippen LogP contribution in [0.25, 0.3) is 5.65 Å². The minimum atomic E-state index is -3.00. The molecule has 4 rings (SSSR count). The van der Waals surface area contributed by atoms with Crippen molar-refractivity contribution in [3.63, 3.8) is 0 Å². The van der Waals surface area contributed by atoms with E-state index in [9.17, 15) is 13.2 Å². The van der Waals surface area contributed by atoms with Gasteiger partial charge in [0, 0.05) is 25.5 Å². The van der Waals surface area contributed by atoms with Gasteiger partial charge in [0.1, 0.15) is 17.0 Å². The molecule has 0 radical (unpaired) electrons. The lowest BCUT2D eigenvalue weighted by atomic mass is 10.1. The third-order valence-electron chi connectivity index (χ3n) is 5.03. The van der Waals surface area contributed by atoms with Gasteiger partial charge in [-0.25, -0.2) is 13.4 Å². The van der Waals surface area contributed by atoms with E-state index in [0.717, 1.165) is 25.9 Å². The molecule has 0 amide bonds. The Kier molecular flexibility index (Phi) is 4.52. The van der Waals surface area contributed by atoms with Crippen molar-refractivity contribution in [1.82, 2.24) is 9.38 Å². The van der Waals surface area contributed by atoms with Crippen LogP contribution in [0.5, 0.6) is 0 Å². The van der Waals surface area contributed by atoms with E-state index in [-0.39, 0.29) is 23.1 Å². The molecule has 2 fully saturated rings. The summed E-state index contributed by atoms with van der Waals surface area (Å²) in [5, 5.41) is 0. The molecule has 2 aliphatic rings. The van der Waals surface area contributed by atoms with Gasteiger partial charge in [-0.1, -0.05) is 6.07 Å². The topological polar surface area (TPSA) is 84.1 Å². The van der Waals surface area contributed by atoms with E-state index in [4.69, 9.17) is 4.98 Å². The van der Waals surface area contributed by atoms with Crippen LogP contribution in [-0.4, -0.2) is 54.7 Å². The molecular weight excluding hydrogens is 352 g/mol. The SMILES string of the molecule is O=c1c(C=N[C@H]2CCS(=O)(=O)C2)c(N2CCCCC2)nc2ccccn12. The van der Waals surface area contributed by atoms with Crippen molar-refractivity contribution >= 4 is 27.5 Å². The fourth-order valence-electron chi connectivity index (χ4n) is 3.62. The predicted molar refractivity (Wildman–Crippen MR) is 102 cm³/mol. The smallest absolute Gasteiger partial charge is 0.268 e. The summed E-state index contributed by atoms with van der Waals surface area (Å²) in [5.74, 6) is 0.888. The Balaban J connectivity index is 1.78. The third kappa shape index (κ3) is 3.38. The summed E-state index contributed by atoms with van der Waals surface area (Å²) < 4.78 is 24.8. The average Bonchev–Trinajstić information content (AvgIpc) is 3.00. The molecule has 0 aromatic carbocycles. The van der Waals surface area contributed by atoms with Gasteiger partial charge >= 0.3 is 0 Å². The van der Waals surface area contributed by atoms with Crippen molar-refractivity contribution in [3.05, 3.63) is 40.3 Å². The monoisotopic (exact) mass is 374 g/mol. The number of aromatic nitrogens is 2. The maximum absolute atomic E-state index is 13.0. The van der Waals surface area contributed by atoms with E-state index < -0.39 is 9.84 Å². The Morgan fingerprint density at radius 2 is 2.00 bits per heavy atom. The van der Waals surface area contributed by atoms with Crippen molar-refractivity contribution < 1.29 is 8.42 Å². The van der Waals surface area contributed by atoms with Crippen LogP contribution in [-0.2, 0) is 9.84 Å². The normalized spacial score (nSPS) is 23.1. The van der Waals surface area contributed by atoms with Gasteiger partial charge in [0.2, 0.25) is 0 Å². The Hall–Kier alpha value is -2.22. The first-order valence-corrected chi connectivity index (χ1v) is 10.9. The molecule has 0 unspecified atom stereocenters. The number of aliphatic imine (C=N–C) groups is 1. The van der Waals surface area contributed by atoms with E-state index in [2.05, 4.69) is 9.89 Å². The van der Waals surface area contributed by atoms with E-state index in [0.29, 0.717) is 23.4 Å². The van der Waals surface area contributed by atoms with Gasteiger partial charge in [-0.2, -0.15) is 0 Å². The first kappa shape index (κ1) is 17.2. The van der Waals surface area contributed by atoms with Gasteiger partial charge in [0.05, 0.1) is 17.5 Å². The fraction of sp³-hybridized carbons (Fsp3) is 0.500. The van der Waals surface area contributed by atoms with Crippen molar-refractivity contribution in [3.8, 4) is 0 Å². The van der Waals surface area contributed by atoms with Gasteiger partial charge in [-0.05, 0) is 37.8 Å². The van der Waals surface area contributed by atoms with Crippen molar-refractivity contribution in [1.29, 1.82) is 0 Å². The van der Waals surface area contributed by atoms with E-state index in [1.165, 1.54) is 10.8 Å². The first-order valence-electron chi connectivity index (χ1n) is 9.03. The van der Waals surface area contributed by atoms with Crippen molar-refractivity contribution in [2.45, 2.75) is 31.7 Å². The molecule has 2 aromatic heterocycles. The molecule has 0 saturated carbocycles. The van der Waals surface area contributed by atoms with E-state index in [1.54, 1.807) is 18.5 Å². The highest BCUT2D eigenvalue weighted by atomic mass is 32.2. The minimum Gasteiger partial charge on any atom is -0.356 e. The van der Waals surface area contributed by atoms with Crippen LogP contribution in [0.4, 0.5) is 5.82 Å². The molecule has 26 heavy (non-hydrogen) atoms. The number of piperidine rings is 1.